The van der Waals surface area contributed by atoms with E-state index >= 15 is 0 Å². The lowest BCUT2D eigenvalue weighted by molar-refractivity contribution is -0.928. The number of quaternary nitrogens is 1. The molecule has 1 heterocycles. The van der Waals surface area contributed by atoms with Crippen molar-refractivity contribution < 1.29 is 14.8 Å². The fraction of sp³-hybridized carbons (Fsp3) is 0.889. The van der Waals surface area contributed by atoms with Crippen LogP contribution in [0.15, 0.2) is 0 Å². The van der Waals surface area contributed by atoms with Gasteiger partial charge in [-0.1, -0.05) is 0 Å². The second-order valence-corrected chi connectivity index (χ2v) is 3.68. The van der Waals surface area contributed by atoms with E-state index in [1.54, 1.807) is 0 Å². The Morgan fingerprint density at radius 1 is 1.58 bits per heavy atom. The minimum absolute atomic E-state index is 0.167. The summed E-state index contributed by atoms with van der Waals surface area (Å²) in [5.41, 5.74) is 0. The zero-order valence-corrected chi connectivity index (χ0v) is 7.84. The zero-order chi connectivity index (χ0) is 9.14. The molecule has 0 bridgehead atoms. The van der Waals surface area contributed by atoms with Crippen molar-refractivity contribution >= 4 is 5.78 Å². The Labute approximate surface area is 73.4 Å². The third kappa shape index (κ3) is 1.84. The molecule has 70 valence electrons. The van der Waals surface area contributed by atoms with E-state index in [0.717, 1.165) is 13.1 Å². The molecule has 1 rings (SSSR count). The molecular weight excluding hydrogens is 154 g/mol. The first-order valence-electron chi connectivity index (χ1n) is 4.65. The molecule has 0 aromatic heterocycles. The number of carbonyl (C=O) groups excluding carboxylic acids is 1. The summed E-state index contributed by atoms with van der Waals surface area (Å²) in [6.07, 6.45) is 0.681. The quantitative estimate of drug-likeness (QED) is 0.553. The van der Waals surface area contributed by atoms with Crippen LogP contribution in [0.3, 0.4) is 0 Å². The molecule has 0 spiro atoms. The number of aliphatic hydroxyl groups excluding tert-OH is 1. The van der Waals surface area contributed by atoms with Gasteiger partial charge in [0, 0.05) is 0 Å². The molecule has 1 saturated heterocycles. The van der Waals surface area contributed by atoms with Gasteiger partial charge in [-0.3, -0.25) is 4.79 Å². The van der Waals surface area contributed by atoms with Crippen LogP contribution < -0.4 is 4.90 Å². The average molecular weight is 172 g/mol. The van der Waals surface area contributed by atoms with E-state index in [0.29, 0.717) is 18.2 Å². The fourth-order valence-corrected chi connectivity index (χ4v) is 1.87. The van der Waals surface area contributed by atoms with Crippen LogP contribution in [0.1, 0.15) is 20.3 Å². The summed E-state index contributed by atoms with van der Waals surface area (Å²) in [6, 6.07) is 0.374. The third-order valence-electron chi connectivity index (χ3n) is 3.03. The molecule has 3 atom stereocenters. The molecule has 0 aromatic carbocycles. The van der Waals surface area contributed by atoms with Crippen molar-refractivity contribution in [3.63, 3.8) is 0 Å². The summed E-state index contributed by atoms with van der Waals surface area (Å²) in [6.45, 7) is 5.97. The Balaban J connectivity index is 2.52. The van der Waals surface area contributed by atoms with Crippen LogP contribution in [0.25, 0.3) is 0 Å². The second kappa shape index (κ2) is 4.01. The summed E-state index contributed by atoms with van der Waals surface area (Å²) in [5.74, 6) is 0.546. The molecule has 1 aliphatic heterocycles. The highest BCUT2D eigenvalue weighted by Crippen LogP contribution is 2.07. The second-order valence-electron chi connectivity index (χ2n) is 3.68. The van der Waals surface area contributed by atoms with Gasteiger partial charge >= 0.3 is 0 Å². The number of Topliss-reactive ketones (excluding diaryl/α,β-unsaturated/α-hetero) is 1. The Morgan fingerprint density at radius 2 is 2.25 bits per heavy atom. The maximum atomic E-state index is 11.3. The number of aliphatic hydroxyl groups is 1. The standard InChI is InChI=1S/C9H17NO2/c1-7-8(2)10(5-6-11)4-3-9(7)12/h7-8,11H,3-6H2,1-2H3/p+1/t7-,8-/m1/s1. The third-order valence-corrected chi connectivity index (χ3v) is 3.03. The highest BCUT2D eigenvalue weighted by atomic mass is 16.3. The van der Waals surface area contributed by atoms with E-state index in [4.69, 9.17) is 5.11 Å². The minimum Gasteiger partial charge on any atom is -0.391 e. The zero-order valence-electron chi connectivity index (χ0n) is 7.84. The Bertz CT molecular complexity index is 170. The van der Waals surface area contributed by atoms with Gasteiger partial charge in [0.25, 0.3) is 0 Å². The van der Waals surface area contributed by atoms with Crippen LogP contribution in [0.4, 0.5) is 0 Å². The largest absolute Gasteiger partial charge is 0.391 e. The van der Waals surface area contributed by atoms with Crippen LogP contribution in [0, 0.1) is 5.92 Å². The molecule has 2 N–H and O–H groups in total. The molecule has 0 amide bonds. The van der Waals surface area contributed by atoms with Crippen LogP contribution >= 0.6 is 0 Å². The molecule has 0 aromatic rings. The fourth-order valence-electron chi connectivity index (χ4n) is 1.87. The summed E-state index contributed by atoms with van der Waals surface area (Å²) in [7, 11) is 0. The maximum Gasteiger partial charge on any atom is 0.147 e. The number of nitrogens with one attached hydrogen (secondary N) is 1. The summed E-state index contributed by atoms with van der Waals surface area (Å²) >= 11 is 0. The molecule has 12 heavy (non-hydrogen) atoms. The van der Waals surface area contributed by atoms with Gasteiger partial charge in [-0.2, -0.15) is 0 Å². The van der Waals surface area contributed by atoms with Crippen molar-refractivity contribution in [3.05, 3.63) is 0 Å². The Kier molecular flexibility index (Phi) is 3.23. The first-order valence-corrected chi connectivity index (χ1v) is 4.65. The molecule has 3 nitrogen and oxygen atoms in total. The van der Waals surface area contributed by atoms with E-state index in [1.165, 1.54) is 4.90 Å². The van der Waals surface area contributed by atoms with E-state index in [9.17, 15) is 4.79 Å². The molecule has 0 radical (unpaired) electrons. The van der Waals surface area contributed by atoms with Gasteiger partial charge in [-0.15, -0.1) is 0 Å². The smallest absolute Gasteiger partial charge is 0.147 e. The van der Waals surface area contributed by atoms with E-state index in [2.05, 4.69) is 6.92 Å². The monoisotopic (exact) mass is 172 g/mol. The van der Waals surface area contributed by atoms with Crippen LogP contribution in [-0.2, 0) is 4.79 Å². The predicted octanol–water partition coefficient (Wildman–Crippen LogP) is -1.14. The predicted molar refractivity (Wildman–Crippen MR) is 46.0 cm³/mol. The highest BCUT2D eigenvalue weighted by Gasteiger charge is 2.33. The molecule has 3 heteroatoms. The number of ketones is 1. The van der Waals surface area contributed by atoms with Gasteiger partial charge in [0.15, 0.2) is 0 Å². The highest BCUT2D eigenvalue weighted by molar-refractivity contribution is 5.81. The van der Waals surface area contributed by atoms with Gasteiger partial charge in [-0.25, -0.2) is 0 Å². The van der Waals surface area contributed by atoms with E-state index < -0.39 is 0 Å². The van der Waals surface area contributed by atoms with Crippen molar-refractivity contribution in [2.24, 2.45) is 5.92 Å². The molecular formula is C9H18NO2+. The summed E-state index contributed by atoms with van der Waals surface area (Å²) in [5, 5.41) is 8.78. The number of likely N-dealkylation sites (tertiary alicyclic amines) is 1. The van der Waals surface area contributed by atoms with Crippen molar-refractivity contribution in [1.29, 1.82) is 0 Å². The summed E-state index contributed by atoms with van der Waals surface area (Å²) in [4.78, 5) is 12.6. The average Bonchev–Trinajstić information content (AvgIpc) is 2.07. The molecule has 1 fully saturated rings. The van der Waals surface area contributed by atoms with E-state index in [-0.39, 0.29) is 12.5 Å². The molecule has 1 aliphatic rings. The van der Waals surface area contributed by atoms with Gasteiger partial charge in [0.05, 0.1) is 31.5 Å². The molecule has 0 aliphatic carbocycles. The lowest BCUT2D eigenvalue weighted by Crippen LogP contribution is -3.17. The van der Waals surface area contributed by atoms with Crippen molar-refractivity contribution in [2.75, 3.05) is 19.7 Å². The van der Waals surface area contributed by atoms with Crippen molar-refractivity contribution in [2.45, 2.75) is 26.3 Å². The van der Waals surface area contributed by atoms with Crippen molar-refractivity contribution in [3.8, 4) is 0 Å². The molecule has 1 unspecified atom stereocenters. The van der Waals surface area contributed by atoms with Crippen LogP contribution in [-0.4, -0.2) is 36.6 Å². The number of hydrogen-bond donors (Lipinski definition) is 2. The van der Waals surface area contributed by atoms with Gasteiger partial charge in [-0.05, 0) is 13.8 Å². The number of hydrogen-bond acceptors (Lipinski definition) is 2. The van der Waals surface area contributed by atoms with Crippen molar-refractivity contribution in [1.82, 2.24) is 0 Å². The van der Waals surface area contributed by atoms with Gasteiger partial charge in [0.1, 0.15) is 12.3 Å². The number of carbonyl (C=O) groups is 1. The van der Waals surface area contributed by atoms with Gasteiger partial charge < -0.3 is 10.0 Å². The maximum absolute atomic E-state index is 11.3. The normalized spacial score (nSPS) is 36.9. The van der Waals surface area contributed by atoms with Crippen LogP contribution in [0.2, 0.25) is 0 Å². The lowest BCUT2D eigenvalue weighted by Gasteiger charge is -2.33. The Hall–Kier alpha value is -0.410. The number of rotatable bonds is 2. The van der Waals surface area contributed by atoms with Gasteiger partial charge in [0.2, 0.25) is 0 Å². The molecule has 0 saturated carbocycles. The summed E-state index contributed by atoms with van der Waals surface area (Å²) < 4.78 is 0. The first kappa shape index (κ1) is 9.68. The number of piperidine rings is 1. The Morgan fingerprint density at radius 3 is 2.83 bits per heavy atom. The first-order chi connectivity index (χ1) is 5.66. The van der Waals surface area contributed by atoms with E-state index in [1.807, 2.05) is 6.92 Å². The topological polar surface area (TPSA) is 41.7 Å². The lowest BCUT2D eigenvalue weighted by atomic mass is 9.91. The van der Waals surface area contributed by atoms with Crippen LogP contribution in [0.5, 0.6) is 0 Å². The SMILES string of the molecule is C[C@@H]1[C@@H](C)C(=O)CC[NH+]1CCO. The minimum atomic E-state index is 0.167.